The Hall–Kier alpha value is -2.30. The van der Waals surface area contributed by atoms with E-state index in [1.54, 1.807) is 0 Å². The molecule has 3 aliphatic rings. The maximum Gasteiger partial charge on any atom is 0.472 e. The van der Waals surface area contributed by atoms with Gasteiger partial charge in [0.25, 0.3) is 0 Å². The molecule has 2 saturated heterocycles. The van der Waals surface area contributed by atoms with Crippen molar-refractivity contribution in [3.63, 3.8) is 0 Å². The van der Waals surface area contributed by atoms with Gasteiger partial charge in [-0.15, -0.1) is 0 Å². The van der Waals surface area contributed by atoms with E-state index < -0.39 is 156 Å². The van der Waals surface area contributed by atoms with Crippen LogP contribution in [0.15, 0.2) is 12.2 Å². The minimum Gasteiger partial charge on any atom is -0.463 e. The topological polar surface area (TPSA) is 374 Å². The number of ether oxygens (including phenoxy) is 7. The summed E-state index contributed by atoms with van der Waals surface area (Å²) >= 11 is 0. The molecule has 2 aliphatic heterocycles. The number of phosphoric ester groups is 1. The number of carbonyl (C=O) groups is 3. The molecule has 1 aliphatic carbocycles. The third kappa shape index (κ3) is 39.3. The van der Waals surface area contributed by atoms with Crippen LogP contribution in [-0.2, 0) is 61.2 Å². The zero-order chi connectivity index (χ0) is 73.2. The van der Waals surface area contributed by atoms with Gasteiger partial charge >= 0.3 is 25.7 Å². The van der Waals surface area contributed by atoms with Gasteiger partial charge in [-0.05, 0) is 44.9 Å². The summed E-state index contributed by atoms with van der Waals surface area (Å²) in [7, 11) is -5.70. The van der Waals surface area contributed by atoms with Crippen molar-refractivity contribution in [3.8, 4) is 0 Å². The monoisotopic (exact) mass is 1450 g/mol. The number of allylic oxidation sites excluding steroid dienone is 2. The number of hydrogen-bond acceptors (Lipinski definition) is 23. The highest BCUT2D eigenvalue weighted by Crippen LogP contribution is 2.49. The molecule has 25 heteroatoms. The van der Waals surface area contributed by atoms with E-state index in [4.69, 9.17) is 42.2 Å². The van der Waals surface area contributed by atoms with E-state index in [2.05, 4.69) is 32.9 Å². The molecular weight excluding hydrogens is 1320 g/mol. The Morgan fingerprint density at radius 3 is 1.09 bits per heavy atom. The third-order valence-electron chi connectivity index (χ3n) is 19.5. The van der Waals surface area contributed by atoms with Crippen molar-refractivity contribution < 1.29 is 117 Å². The van der Waals surface area contributed by atoms with Gasteiger partial charge in [-0.3, -0.25) is 23.4 Å². The number of phosphoric acid groups is 1. The molecule has 0 aromatic carbocycles. The van der Waals surface area contributed by atoms with E-state index in [9.17, 15) is 74.9 Å². The van der Waals surface area contributed by atoms with Crippen LogP contribution in [0.5, 0.6) is 0 Å². The summed E-state index contributed by atoms with van der Waals surface area (Å²) in [5.41, 5.74) is 0. The van der Waals surface area contributed by atoms with E-state index in [0.717, 1.165) is 96.3 Å². The van der Waals surface area contributed by atoms with Crippen LogP contribution in [0.2, 0.25) is 0 Å². The van der Waals surface area contributed by atoms with Crippen molar-refractivity contribution in [2.24, 2.45) is 0 Å². The van der Waals surface area contributed by atoms with Gasteiger partial charge < -0.3 is 89.1 Å². The van der Waals surface area contributed by atoms with Crippen molar-refractivity contribution in [3.05, 3.63) is 12.2 Å². The first-order chi connectivity index (χ1) is 48.3. The fraction of sp³-hybridized carbons (Fsp3) is 0.933. The number of esters is 3. The zero-order valence-corrected chi connectivity index (χ0v) is 62.4. The fourth-order valence-corrected chi connectivity index (χ4v) is 14.1. The van der Waals surface area contributed by atoms with Crippen LogP contribution in [0, 0.1) is 0 Å². The maximum atomic E-state index is 14.4. The van der Waals surface area contributed by atoms with Gasteiger partial charge in [-0.1, -0.05) is 264 Å². The Morgan fingerprint density at radius 2 is 0.700 bits per heavy atom. The SMILES string of the molecule is CCCCCCCCC/C=C\CCCCCC(=O)OCC(COP(=O)(O)OC1C(OC2OC(CO)C(O)C(O)C2O)C(O)C(O)C(O)C1OC1OC(COC(=O)CCCCCCCCCCCCCCCC)C(O)C(O)C1O)OC(=O)CCCCCCCCCCCCCCCCCCC. The van der Waals surface area contributed by atoms with Crippen molar-refractivity contribution in [2.75, 3.05) is 26.4 Å². The first-order valence-electron chi connectivity index (χ1n) is 39.5. The molecule has 1 saturated carbocycles. The Balaban J connectivity index is 1.72. The lowest BCUT2D eigenvalue weighted by molar-refractivity contribution is -0.360. The van der Waals surface area contributed by atoms with E-state index in [0.29, 0.717) is 19.3 Å². The van der Waals surface area contributed by atoms with Crippen LogP contribution in [-0.4, -0.2) is 204 Å². The van der Waals surface area contributed by atoms with Crippen molar-refractivity contribution in [2.45, 2.75) is 420 Å². The van der Waals surface area contributed by atoms with Crippen LogP contribution in [0.1, 0.15) is 316 Å². The molecule has 11 N–H and O–H groups in total. The summed E-state index contributed by atoms with van der Waals surface area (Å²) in [5, 5.41) is 110. The number of carbonyl (C=O) groups excluding carboxylic acids is 3. The van der Waals surface area contributed by atoms with Gasteiger partial charge in [0.05, 0.1) is 13.2 Å². The predicted octanol–water partition coefficient (Wildman–Crippen LogP) is 11.5. The number of unbranched alkanes of at least 4 members (excludes halogenated alkanes) is 39. The second-order valence-corrected chi connectivity index (χ2v) is 29.8. The Kier molecular flexibility index (Phi) is 52.3. The summed E-state index contributed by atoms with van der Waals surface area (Å²) in [4.78, 5) is 51.1. The molecule has 2 heterocycles. The largest absolute Gasteiger partial charge is 0.472 e. The first-order valence-corrected chi connectivity index (χ1v) is 41.0. The fourth-order valence-electron chi connectivity index (χ4n) is 13.1. The van der Waals surface area contributed by atoms with Gasteiger partial charge in [0.1, 0.15) is 98.7 Å². The predicted molar refractivity (Wildman–Crippen MR) is 379 cm³/mol. The summed E-state index contributed by atoms with van der Waals surface area (Å²) < 4.78 is 65.1. The third-order valence-corrected chi connectivity index (χ3v) is 20.5. The average molecular weight is 1460 g/mol. The quantitative estimate of drug-likeness (QED) is 0.00886. The minimum atomic E-state index is -5.70. The highest BCUT2D eigenvalue weighted by Gasteiger charge is 2.58. The van der Waals surface area contributed by atoms with E-state index in [1.807, 2.05) is 0 Å². The lowest BCUT2D eigenvalue weighted by Gasteiger charge is -2.49. The molecule has 0 bridgehead atoms. The van der Waals surface area contributed by atoms with E-state index in [1.165, 1.54) is 161 Å². The molecule has 0 aromatic rings. The van der Waals surface area contributed by atoms with Crippen molar-refractivity contribution >= 4 is 25.7 Å². The van der Waals surface area contributed by atoms with Gasteiger partial charge in [0.2, 0.25) is 0 Å². The number of aliphatic hydroxyl groups is 10. The molecule has 0 amide bonds. The molecule has 0 spiro atoms. The van der Waals surface area contributed by atoms with E-state index >= 15 is 0 Å². The summed E-state index contributed by atoms with van der Waals surface area (Å²) in [5.74, 6) is -1.99. The van der Waals surface area contributed by atoms with Crippen LogP contribution in [0.4, 0.5) is 0 Å². The number of hydrogen-bond donors (Lipinski definition) is 11. The highest BCUT2D eigenvalue weighted by atomic mass is 31.2. The maximum absolute atomic E-state index is 14.4. The summed E-state index contributed by atoms with van der Waals surface area (Å²) in [6, 6.07) is 0. The molecule has 3 rings (SSSR count). The molecule has 18 atom stereocenters. The minimum absolute atomic E-state index is 0.0282. The van der Waals surface area contributed by atoms with Crippen LogP contribution >= 0.6 is 7.82 Å². The molecule has 0 radical (unpaired) electrons. The molecular formula is C75H139O24P. The lowest BCUT2D eigenvalue weighted by Crippen LogP contribution is -2.69. The first kappa shape index (κ1) is 91.9. The molecule has 3 fully saturated rings. The van der Waals surface area contributed by atoms with Crippen LogP contribution in [0.25, 0.3) is 0 Å². The standard InChI is InChI=1S/C75H139O24P/c1-4-7-10-13-16-19-22-25-28-29-30-33-36-39-42-45-48-51-61(79)94-56(53-91-59(77)49-46-43-40-37-34-31-26-23-20-17-14-11-8-5-2)54-93-100(89,90)99-73-71(97-74-69(87)64(82)62(80)57(52-76)95-74)67(85)66(84)68(86)72(73)98-75-70(88)65(83)63(81)58(96-75)55-92-60(78)50-47-44-41-38-35-32-27-24-21-18-15-12-9-6-3/h31,34,56-58,62-76,80-88H,4-30,32-33,35-55H2,1-3H3,(H,89,90)/b34-31-. The van der Waals surface area contributed by atoms with Crippen LogP contribution < -0.4 is 0 Å². The Bertz CT molecular complexity index is 2110. The smallest absolute Gasteiger partial charge is 0.463 e. The number of rotatable bonds is 62. The normalized spacial score (nSPS) is 27.3. The van der Waals surface area contributed by atoms with Gasteiger partial charge in [0, 0.05) is 19.3 Å². The molecule has 100 heavy (non-hydrogen) atoms. The highest BCUT2D eigenvalue weighted by molar-refractivity contribution is 7.47. The van der Waals surface area contributed by atoms with Gasteiger partial charge in [0.15, 0.2) is 18.7 Å². The summed E-state index contributed by atoms with van der Waals surface area (Å²) in [6.45, 7) is 3.46. The average Bonchev–Trinajstić information content (AvgIpc) is 0.762. The summed E-state index contributed by atoms with van der Waals surface area (Å²) in [6.07, 6.45) is 16.9. The molecule has 18 unspecified atom stereocenters. The molecule has 0 aromatic heterocycles. The van der Waals surface area contributed by atoms with Gasteiger partial charge in [-0.2, -0.15) is 0 Å². The van der Waals surface area contributed by atoms with Crippen molar-refractivity contribution in [1.82, 2.24) is 0 Å². The lowest BCUT2D eigenvalue weighted by atomic mass is 9.84. The Labute approximate surface area is 599 Å². The Morgan fingerprint density at radius 1 is 0.380 bits per heavy atom. The number of aliphatic hydroxyl groups excluding tert-OH is 10. The van der Waals surface area contributed by atoms with Gasteiger partial charge in [-0.25, -0.2) is 4.57 Å². The van der Waals surface area contributed by atoms with E-state index in [-0.39, 0.29) is 19.3 Å². The second kappa shape index (κ2) is 57.0. The molecule has 588 valence electrons. The second-order valence-electron chi connectivity index (χ2n) is 28.4. The van der Waals surface area contributed by atoms with Crippen LogP contribution in [0.3, 0.4) is 0 Å². The zero-order valence-electron chi connectivity index (χ0n) is 61.5. The molecule has 24 nitrogen and oxygen atoms in total. The van der Waals surface area contributed by atoms with Crippen molar-refractivity contribution in [1.29, 1.82) is 0 Å².